The van der Waals surface area contributed by atoms with Crippen LogP contribution in [0.5, 0.6) is 0 Å². The topological polar surface area (TPSA) is 86.0 Å². The highest BCUT2D eigenvalue weighted by Gasteiger charge is 2.24. The first kappa shape index (κ1) is 18.1. The summed E-state index contributed by atoms with van der Waals surface area (Å²) in [6.45, 7) is 0.399. The molecule has 0 radical (unpaired) electrons. The van der Waals surface area contributed by atoms with Crippen molar-refractivity contribution < 1.29 is 12.8 Å². The summed E-state index contributed by atoms with van der Waals surface area (Å²) in [5.74, 6) is -0.278. The highest BCUT2D eigenvalue weighted by molar-refractivity contribution is 7.88. The van der Waals surface area contributed by atoms with Crippen LogP contribution >= 0.6 is 11.6 Å². The Labute approximate surface area is 149 Å². The van der Waals surface area contributed by atoms with Crippen molar-refractivity contribution in [2.45, 2.75) is 37.6 Å². The summed E-state index contributed by atoms with van der Waals surface area (Å²) in [7, 11) is -2.10. The van der Waals surface area contributed by atoms with Gasteiger partial charge in [0.05, 0.1) is 5.75 Å². The minimum Gasteiger partial charge on any atom is -0.279 e. The van der Waals surface area contributed by atoms with Crippen LogP contribution in [0, 0.1) is 5.82 Å². The quantitative estimate of drug-likeness (QED) is 0.852. The van der Waals surface area contributed by atoms with E-state index < -0.39 is 21.6 Å². The minimum absolute atomic E-state index is 0.204. The second-order valence-electron chi connectivity index (χ2n) is 6.11. The van der Waals surface area contributed by atoms with Gasteiger partial charge in [-0.3, -0.25) is 4.57 Å². The van der Waals surface area contributed by atoms with Gasteiger partial charge in [-0.05, 0) is 36.6 Å². The molecule has 25 heavy (non-hydrogen) atoms. The molecular formula is C15H18ClFN4O3S. The van der Waals surface area contributed by atoms with Gasteiger partial charge in [-0.15, -0.1) is 0 Å². The van der Waals surface area contributed by atoms with Crippen molar-refractivity contribution in [3.63, 3.8) is 0 Å². The molecule has 0 bridgehead atoms. The van der Waals surface area contributed by atoms with Gasteiger partial charge < -0.3 is 0 Å². The summed E-state index contributed by atoms with van der Waals surface area (Å²) in [4.78, 5) is 11.9. The van der Waals surface area contributed by atoms with Crippen LogP contribution in [-0.2, 0) is 35.8 Å². The van der Waals surface area contributed by atoms with Crippen LogP contribution in [0.4, 0.5) is 4.39 Å². The van der Waals surface area contributed by atoms with Crippen molar-refractivity contribution in [3.05, 3.63) is 50.9 Å². The van der Waals surface area contributed by atoms with Crippen LogP contribution in [0.3, 0.4) is 0 Å². The number of benzene rings is 1. The van der Waals surface area contributed by atoms with Crippen molar-refractivity contribution >= 4 is 21.6 Å². The first-order chi connectivity index (χ1) is 11.7. The van der Waals surface area contributed by atoms with E-state index in [9.17, 15) is 17.6 Å². The number of fused-ring (bicyclic) bond motifs is 1. The Morgan fingerprint density at radius 3 is 2.92 bits per heavy atom. The SMILES string of the molecule is Cn1nc2n(c1=O)CCC(NS(=O)(=O)Cc1cc(F)ccc1Cl)CC2. The second kappa shape index (κ2) is 6.89. The van der Waals surface area contributed by atoms with Crippen molar-refractivity contribution in [2.75, 3.05) is 0 Å². The molecule has 2 heterocycles. The Morgan fingerprint density at radius 1 is 1.40 bits per heavy atom. The Hall–Kier alpha value is -1.71. The zero-order chi connectivity index (χ0) is 18.2. The molecule has 1 aromatic carbocycles. The number of nitrogens with zero attached hydrogens (tertiary/aromatic N) is 3. The fourth-order valence-corrected chi connectivity index (χ4v) is 4.71. The predicted octanol–water partition coefficient (Wildman–Crippen LogP) is 1.20. The van der Waals surface area contributed by atoms with Crippen LogP contribution in [0.15, 0.2) is 23.0 Å². The average molecular weight is 389 g/mol. The molecule has 0 fully saturated rings. The van der Waals surface area contributed by atoms with Gasteiger partial charge in [0.2, 0.25) is 10.0 Å². The molecule has 136 valence electrons. The molecule has 1 aliphatic rings. The first-order valence-electron chi connectivity index (χ1n) is 7.82. The molecule has 2 aromatic rings. The Bertz CT molecular complexity index is 954. The number of hydrogen-bond donors (Lipinski definition) is 1. The van der Waals surface area contributed by atoms with Crippen molar-refractivity contribution in [1.29, 1.82) is 0 Å². The number of hydrogen-bond acceptors (Lipinski definition) is 4. The van der Waals surface area contributed by atoms with Crippen LogP contribution in [0.2, 0.25) is 5.02 Å². The minimum atomic E-state index is -3.69. The largest absolute Gasteiger partial charge is 0.345 e. The molecule has 7 nitrogen and oxygen atoms in total. The number of nitrogens with one attached hydrogen (secondary N) is 1. The van der Waals surface area contributed by atoms with Gasteiger partial charge in [0.1, 0.15) is 11.6 Å². The number of sulfonamides is 1. The van der Waals surface area contributed by atoms with E-state index in [0.29, 0.717) is 31.6 Å². The molecule has 0 aliphatic carbocycles. The van der Waals surface area contributed by atoms with Crippen LogP contribution in [0.1, 0.15) is 24.2 Å². The van der Waals surface area contributed by atoms with E-state index in [4.69, 9.17) is 11.6 Å². The molecule has 1 N–H and O–H groups in total. The summed E-state index contributed by atoms with van der Waals surface area (Å²) in [5.41, 5.74) is 0.00892. The van der Waals surface area contributed by atoms with Gasteiger partial charge in [0, 0.05) is 31.1 Å². The zero-order valence-corrected chi connectivity index (χ0v) is 15.1. The van der Waals surface area contributed by atoms with Crippen molar-refractivity contribution in [3.8, 4) is 0 Å². The molecule has 1 aromatic heterocycles. The monoisotopic (exact) mass is 388 g/mol. The Morgan fingerprint density at radius 2 is 2.16 bits per heavy atom. The summed E-state index contributed by atoms with van der Waals surface area (Å²) >= 11 is 5.94. The highest BCUT2D eigenvalue weighted by atomic mass is 35.5. The van der Waals surface area contributed by atoms with E-state index in [0.717, 1.165) is 6.07 Å². The number of aromatic nitrogens is 3. The van der Waals surface area contributed by atoms with Gasteiger partial charge in [-0.1, -0.05) is 11.6 Å². The summed E-state index contributed by atoms with van der Waals surface area (Å²) in [6.07, 6.45) is 1.52. The molecule has 0 spiro atoms. The summed E-state index contributed by atoms with van der Waals surface area (Å²) in [5, 5.41) is 4.37. The third kappa shape index (κ3) is 4.10. The maximum Gasteiger partial charge on any atom is 0.345 e. The van der Waals surface area contributed by atoms with Crippen molar-refractivity contribution in [2.24, 2.45) is 7.05 Å². The third-order valence-electron chi connectivity index (χ3n) is 4.20. The van der Waals surface area contributed by atoms with E-state index in [1.165, 1.54) is 16.8 Å². The first-order valence-corrected chi connectivity index (χ1v) is 9.85. The molecule has 0 saturated carbocycles. The van der Waals surface area contributed by atoms with Gasteiger partial charge >= 0.3 is 5.69 Å². The zero-order valence-electron chi connectivity index (χ0n) is 13.6. The Kier molecular flexibility index (Phi) is 4.99. The van der Waals surface area contributed by atoms with Crippen LogP contribution in [0.25, 0.3) is 0 Å². The van der Waals surface area contributed by atoms with Crippen molar-refractivity contribution in [1.82, 2.24) is 19.1 Å². The molecule has 1 unspecified atom stereocenters. The van der Waals surface area contributed by atoms with Gasteiger partial charge in [0.15, 0.2) is 0 Å². The fraction of sp³-hybridized carbons (Fsp3) is 0.467. The summed E-state index contributed by atoms with van der Waals surface area (Å²) < 4.78 is 43.6. The number of rotatable bonds is 4. The molecule has 3 rings (SSSR count). The van der Waals surface area contributed by atoms with Crippen LogP contribution < -0.4 is 10.4 Å². The normalized spacial score (nSPS) is 18.0. The standard InChI is InChI=1S/C15H18ClFN4O3S/c1-20-15(22)21-7-6-12(3-5-14(21)18-20)19-25(23,24)9-10-8-11(17)2-4-13(10)16/h2,4,8,12,19H,3,5-7,9H2,1H3. The second-order valence-corrected chi connectivity index (χ2v) is 8.27. The molecule has 0 saturated heterocycles. The number of aryl methyl sites for hydroxylation is 2. The molecule has 1 aliphatic heterocycles. The third-order valence-corrected chi connectivity index (χ3v) is 5.95. The van der Waals surface area contributed by atoms with E-state index in [1.807, 2.05) is 0 Å². The maximum absolute atomic E-state index is 13.3. The van der Waals surface area contributed by atoms with E-state index in [-0.39, 0.29) is 22.3 Å². The number of halogens is 2. The lowest BCUT2D eigenvalue weighted by molar-refractivity contribution is 0.489. The van der Waals surface area contributed by atoms with Gasteiger partial charge in [-0.25, -0.2) is 27.0 Å². The fourth-order valence-electron chi connectivity index (χ4n) is 2.97. The smallest absolute Gasteiger partial charge is 0.279 e. The van der Waals surface area contributed by atoms with E-state index >= 15 is 0 Å². The van der Waals surface area contributed by atoms with Gasteiger partial charge in [-0.2, -0.15) is 5.10 Å². The highest BCUT2D eigenvalue weighted by Crippen LogP contribution is 2.20. The molecule has 10 heteroatoms. The van der Waals surface area contributed by atoms with E-state index in [1.54, 1.807) is 11.6 Å². The summed E-state index contributed by atoms with van der Waals surface area (Å²) in [6, 6.07) is 3.32. The average Bonchev–Trinajstić information content (AvgIpc) is 2.68. The maximum atomic E-state index is 13.3. The predicted molar refractivity (Wildman–Crippen MR) is 91.4 cm³/mol. The molecule has 0 amide bonds. The lowest BCUT2D eigenvalue weighted by Gasteiger charge is -2.16. The molecular weight excluding hydrogens is 371 g/mol. The Balaban J connectivity index is 1.70. The molecule has 1 atom stereocenters. The lowest BCUT2D eigenvalue weighted by atomic mass is 10.1. The van der Waals surface area contributed by atoms with Crippen LogP contribution in [-0.4, -0.2) is 28.8 Å². The van der Waals surface area contributed by atoms with E-state index in [2.05, 4.69) is 9.82 Å². The van der Waals surface area contributed by atoms with Gasteiger partial charge in [0.25, 0.3) is 0 Å². The lowest BCUT2D eigenvalue weighted by Crippen LogP contribution is -2.36.